The first-order valence-electron chi connectivity index (χ1n) is 11.2. The number of hydrogen-bond donors (Lipinski definition) is 3. The molecule has 3 aromatic carbocycles. The summed E-state index contributed by atoms with van der Waals surface area (Å²) < 4.78 is 0. The number of para-hydroxylation sites is 2. The van der Waals surface area contributed by atoms with Crippen LogP contribution in [0.3, 0.4) is 0 Å². The van der Waals surface area contributed by atoms with Crippen molar-refractivity contribution in [2.45, 2.75) is 19.0 Å². The maximum atomic E-state index is 12.7. The lowest BCUT2D eigenvalue weighted by Crippen LogP contribution is -2.47. The molecule has 0 bridgehead atoms. The van der Waals surface area contributed by atoms with Gasteiger partial charge in [-0.25, -0.2) is 4.98 Å². The Hall–Kier alpha value is -4.92. The van der Waals surface area contributed by atoms with Crippen LogP contribution >= 0.6 is 0 Å². The normalized spacial score (nSPS) is 11.4. The van der Waals surface area contributed by atoms with Crippen LogP contribution in [0, 0.1) is 0 Å². The van der Waals surface area contributed by atoms with E-state index in [4.69, 9.17) is 5.73 Å². The molecule has 1 heterocycles. The van der Waals surface area contributed by atoms with Gasteiger partial charge in [0.25, 0.3) is 17.7 Å². The van der Waals surface area contributed by atoms with Crippen molar-refractivity contribution >= 4 is 34.5 Å². The largest absolute Gasteiger partial charge is 0.363 e. The van der Waals surface area contributed by atoms with E-state index in [0.29, 0.717) is 16.6 Å². The van der Waals surface area contributed by atoms with E-state index in [2.05, 4.69) is 20.6 Å². The highest BCUT2D eigenvalue weighted by atomic mass is 16.2. The summed E-state index contributed by atoms with van der Waals surface area (Å²) in [6.07, 6.45) is 1.56. The van der Waals surface area contributed by atoms with Gasteiger partial charge in [-0.05, 0) is 35.4 Å². The molecule has 0 aliphatic rings. The van der Waals surface area contributed by atoms with Crippen LogP contribution < -0.4 is 16.4 Å². The van der Waals surface area contributed by atoms with Gasteiger partial charge in [-0.3, -0.25) is 24.2 Å². The van der Waals surface area contributed by atoms with Gasteiger partial charge in [0.05, 0.1) is 17.2 Å². The van der Waals surface area contributed by atoms with Crippen LogP contribution in [-0.2, 0) is 22.6 Å². The smallest absolute Gasteiger partial charge is 0.287 e. The Morgan fingerprint density at radius 2 is 1.44 bits per heavy atom. The number of Topliss-reactive ketones (excluding diaryl/α,β-unsaturated/α-hetero) is 1. The van der Waals surface area contributed by atoms with E-state index in [1.807, 2.05) is 24.3 Å². The van der Waals surface area contributed by atoms with Crippen LogP contribution in [0.15, 0.2) is 85.1 Å². The lowest BCUT2D eigenvalue weighted by molar-refractivity contribution is -0.137. The molecule has 3 amide bonds. The number of aromatic nitrogens is 2. The van der Waals surface area contributed by atoms with Crippen LogP contribution in [0.25, 0.3) is 11.0 Å². The van der Waals surface area contributed by atoms with Gasteiger partial charge in [-0.1, -0.05) is 54.6 Å². The quantitative estimate of drug-likeness (QED) is 0.312. The van der Waals surface area contributed by atoms with Crippen LogP contribution in [0.1, 0.15) is 32.0 Å². The van der Waals surface area contributed by atoms with E-state index in [-0.39, 0.29) is 24.6 Å². The van der Waals surface area contributed by atoms with E-state index in [1.54, 1.807) is 54.6 Å². The van der Waals surface area contributed by atoms with Gasteiger partial charge in [0, 0.05) is 18.5 Å². The van der Waals surface area contributed by atoms with Gasteiger partial charge in [-0.15, -0.1) is 0 Å². The summed E-state index contributed by atoms with van der Waals surface area (Å²) in [5, 5.41) is 5.37. The zero-order valence-electron chi connectivity index (χ0n) is 19.2. The van der Waals surface area contributed by atoms with Crippen LogP contribution in [0.4, 0.5) is 0 Å². The third-order valence-corrected chi connectivity index (χ3v) is 5.50. The standard InChI is InChI=1S/C27H23N5O4/c28-25(34)24(33)22(14-17-6-2-1-3-7-17)32-26(35)19-12-10-18(11-13-19)15-30-27(36)23-16-29-20-8-4-5-9-21(20)31-23/h1-13,16,22H,14-15H2,(H2,28,34)(H,30,36)(H,32,35)/t22-/m0/s1. The first-order valence-corrected chi connectivity index (χ1v) is 11.2. The summed E-state index contributed by atoms with van der Waals surface area (Å²) in [6, 6.07) is 21.7. The first kappa shape index (κ1) is 24.2. The highest BCUT2D eigenvalue weighted by molar-refractivity contribution is 6.38. The van der Waals surface area contributed by atoms with Gasteiger partial charge in [0.2, 0.25) is 5.78 Å². The Labute approximate surface area is 206 Å². The number of nitrogens with zero attached hydrogens (tertiary/aromatic N) is 2. The highest BCUT2D eigenvalue weighted by Gasteiger charge is 2.25. The molecule has 0 aliphatic heterocycles. The maximum Gasteiger partial charge on any atom is 0.287 e. The molecule has 0 aliphatic carbocycles. The second-order valence-electron chi connectivity index (χ2n) is 8.07. The molecule has 36 heavy (non-hydrogen) atoms. The average molecular weight is 482 g/mol. The molecule has 4 rings (SSSR count). The summed E-state index contributed by atoms with van der Waals surface area (Å²) in [4.78, 5) is 57.5. The first-order chi connectivity index (χ1) is 17.4. The van der Waals surface area contributed by atoms with Crippen LogP contribution in [0.2, 0.25) is 0 Å². The van der Waals surface area contributed by atoms with E-state index >= 15 is 0 Å². The van der Waals surface area contributed by atoms with Crippen molar-refractivity contribution in [1.82, 2.24) is 20.6 Å². The molecule has 4 aromatic rings. The molecule has 1 aromatic heterocycles. The highest BCUT2D eigenvalue weighted by Crippen LogP contribution is 2.10. The van der Waals surface area contributed by atoms with Gasteiger partial charge < -0.3 is 16.4 Å². The third kappa shape index (κ3) is 5.95. The average Bonchev–Trinajstić information content (AvgIpc) is 2.91. The van der Waals surface area contributed by atoms with E-state index in [9.17, 15) is 19.2 Å². The van der Waals surface area contributed by atoms with E-state index in [1.165, 1.54) is 6.20 Å². The number of primary amides is 1. The molecule has 0 saturated carbocycles. The number of nitrogens with two attached hydrogens (primary N) is 1. The molecule has 0 unspecified atom stereocenters. The van der Waals surface area contributed by atoms with Crippen molar-refractivity contribution in [3.63, 3.8) is 0 Å². The predicted molar refractivity (Wildman–Crippen MR) is 133 cm³/mol. The van der Waals surface area contributed by atoms with Crippen molar-refractivity contribution in [2.24, 2.45) is 5.73 Å². The number of hydrogen-bond acceptors (Lipinski definition) is 6. The zero-order valence-corrected chi connectivity index (χ0v) is 19.2. The molecule has 180 valence electrons. The number of benzene rings is 3. The number of fused-ring (bicyclic) bond motifs is 1. The number of carbonyl (C=O) groups excluding carboxylic acids is 4. The molecule has 0 saturated heterocycles. The predicted octanol–water partition coefficient (Wildman–Crippen LogP) is 1.96. The third-order valence-electron chi connectivity index (χ3n) is 5.50. The van der Waals surface area contributed by atoms with Gasteiger partial charge >= 0.3 is 0 Å². The minimum Gasteiger partial charge on any atom is -0.363 e. The number of nitrogens with one attached hydrogen (secondary N) is 2. The molecule has 9 nitrogen and oxygen atoms in total. The van der Waals surface area contributed by atoms with E-state index in [0.717, 1.165) is 11.1 Å². The minimum atomic E-state index is -1.11. The summed E-state index contributed by atoms with van der Waals surface area (Å²) in [5.74, 6) is -2.88. The zero-order chi connectivity index (χ0) is 25.5. The Morgan fingerprint density at radius 3 is 2.14 bits per heavy atom. The van der Waals surface area contributed by atoms with Gasteiger partial charge in [0.15, 0.2) is 0 Å². The molecule has 9 heteroatoms. The molecule has 0 fully saturated rings. The number of carbonyl (C=O) groups is 4. The fraction of sp³-hybridized carbons (Fsp3) is 0.111. The summed E-state index contributed by atoms with van der Waals surface area (Å²) in [7, 11) is 0. The fourth-order valence-corrected chi connectivity index (χ4v) is 3.59. The van der Waals surface area contributed by atoms with Crippen molar-refractivity contribution < 1.29 is 19.2 Å². The van der Waals surface area contributed by atoms with Crippen molar-refractivity contribution in [1.29, 1.82) is 0 Å². The van der Waals surface area contributed by atoms with Gasteiger partial charge in [0.1, 0.15) is 11.7 Å². The molecular formula is C27H23N5O4. The van der Waals surface area contributed by atoms with Gasteiger partial charge in [-0.2, -0.15) is 0 Å². The minimum absolute atomic E-state index is 0.135. The SMILES string of the molecule is NC(=O)C(=O)[C@H](Cc1ccccc1)NC(=O)c1ccc(CNC(=O)c2cnc3ccccc3n2)cc1. The summed E-state index contributed by atoms with van der Waals surface area (Å²) >= 11 is 0. The Kier molecular flexibility index (Phi) is 7.40. The Bertz CT molecular complexity index is 1420. The maximum absolute atomic E-state index is 12.7. The number of ketones is 1. The van der Waals surface area contributed by atoms with E-state index < -0.39 is 23.6 Å². The second kappa shape index (κ2) is 11.0. The Balaban J connectivity index is 1.37. The van der Waals surface area contributed by atoms with Crippen molar-refractivity contribution in [3.8, 4) is 0 Å². The molecule has 0 spiro atoms. The molecule has 0 radical (unpaired) electrons. The lowest BCUT2D eigenvalue weighted by Gasteiger charge is -2.16. The van der Waals surface area contributed by atoms with Crippen molar-refractivity contribution in [3.05, 3.63) is 107 Å². The summed E-state index contributed by atoms with van der Waals surface area (Å²) in [6.45, 7) is 0.214. The molecule has 1 atom stereocenters. The fourth-order valence-electron chi connectivity index (χ4n) is 3.59. The van der Waals surface area contributed by atoms with Crippen LogP contribution in [-0.4, -0.2) is 39.5 Å². The monoisotopic (exact) mass is 481 g/mol. The Morgan fingerprint density at radius 1 is 0.778 bits per heavy atom. The topological polar surface area (TPSA) is 144 Å². The second-order valence-corrected chi connectivity index (χ2v) is 8.07. The summed E-state index contributed by atoms with van der Waals surface area (Å²) in [5.41, 5.74) is 8.52. The van der Waals surface area contributed by atoms with Crippen LogP contribution in [0.5, 0.6) is 0 Å². The van der Waals surface area contributed by atoms with Crippen molar-refractivity contribution in [2.75, 3.05) is 0 Å². The molecular weight excluding hydrogens is 458 g/mol. The number of rotatable bonds is 9. The molecule has 4 N–H and O–H groups in total. The number of amides is 3. The lowest BCUT2D eigenvalue weighted by atomic mass is 10.0.